The third-order valence-electron chi connectivity index (χ3n) is 3.36. The average Bonchev–Trinajstić information content (AvgIpc) is 2.31. The molecule has 0 rings (SSSR count). The molecule has 0 aromatic carbocycles. The van der Waals surface area contributed by atoms with Crippen molar-refractivity contribution in [3.8, 4) is 0 Å². The summed E-state index contributed by atoms with van der Waals surface area (Å²) in [6.45, 7) is 6.44. The largest absolute Gasteiger partial charge is 0.221 e. The summed E-state index contributed by atoms with van der Waals surface area (Å²) in [6, 6.07) is 0. The molecule has 0 aromatic heterocycles. The molecule has 0 atom stereocenters. The Hall–Kier alpha value is -0.120. The minimum atomic E-state index is -0.323. The molecule has 3 nitrogen and oxygen atoms in total. The van der Waals surface area contributed by atoms with E-state index in [2.05, 4.69) is 18.9 Å². The van der Waals surface area contributed by atoms with Crippen LogP contribution >= 0.6 is 0 Å². The van der Waals surface area contributed by atoms with Gasteiger partial charge in [0.05, 0.1) is 0 Å². The van der Waals surface area contributed by atoms with E-state index >= 15 is 0 Å². The molecular formula is C14H30O3. The molecule has 0 amide bonds. The van der Waals surface area contributed by atoms with Crippen LogP contribution < -0.4 is 0 Å². The third kappa shape index (κ3) is 9.57. The molecule has 0 bridgehead atoms. The van der Waals surface area contributed by atoms with Crippen molar-refractivity contribution in [2.24, 2.45) is 0 Å². The van der Waals surface area contributed by atoms with E-state index in [4.69, 9.17) is 10.1 Å². The fraction of sp³-hybridized carbons (Fsp3) is 1.00. The summed E-state index contributed by atoms with van der Waals surface area (Å²) in [7, 11) is 0. The molecule has 0 saturated carbocycles. The average molecular weight is 246 g/mol. The fourth-order valence-electron chi connectivity index (χ4n) is 2.15. The molecule has 0 saturated heterocycles. The van der Waals surface area contributed by atoms with E-state index in [0.29, 0.717) is 0 Å². The van der Waals surface area contributed by atoms with Crippen molar-refractivity contribution < 1.29 is 15.2 Å². The number of rotatable bonds is 12. The summed E-state index contributed by atoms with van der Waals surface area (Å²) >= 11 is 0. The Kier molecular flexibility index (Phi) is 10.9. The summed E-state index contributed by atoms with van der Waals surface area (Å²) in [4.78, 5) is 5.05. The normalized spacial score (nSPS) is 12.0. The van der Waals surface area contributed by atoms with Gasteiger partial charge >= 0.3 is 0 Å². The van der Waals surface area contributed by atoms with Crippen LogP contribution in [0.25, 0.3) is 0 Å². The standard InChI is InChI=1S/C14H30O3/c1-4-6-8-10-12-14(3,16-17-15)13-11-9-7-5-2/h15H,4-13H2,1-3H3. The Morgan fingerprint density at radius 3 is 1.65 bits per heavy atom. The van der Waals surface area contributed by atoms with Crippen LogP contribution in [0.2, 0.25) is 0 Å². The SMILES string of the molecule is CCCCCCC(C)(CCCCCC)OOO. The maximum atomic E-state index is 8.49. The minimum Gasteiger partial charge on any atom is -0.221 e. The zero-order valence-electron chi connectivity index (χ0n) is 11.8. The van der Waals surface area contributed by atoms with Gasteiger partial charge in [-0.3, -0.25) is 0 Å². The molecule has 1 N–H and O–H groups in total. The lowest BCUT2D eigenvalue weighted by Gasteiger charge is -2.26. The maximum absolute atomic E-state index is 8.49. The molecule has 0 aliphatic heterocycles. The van der Waals surface area contributed by atoms with Crippen molar-refractivity contribution in [2.75, 3.05) is 0 Å². The van der Waals surface area contributed by atoms with Gasteiger partial charge in [-0.15, -0.1) is 0 Å². The topological polar surface area (TPSA) is 38.7 Å². The van der Waals surface area contributed by atoms with Crippen LogP contribution in [0.4, 0.5) is 0 Å². The third-order valence-corrected chi connectivity index (χ3v) is 3.36. The molecular weight excluding hydrogens is 216 g/mol. The van der Waals surface area contributed by atoms with Crippen molar-refractivity contribution in [2.45, 2.75) is 90.6 Å². The first-order chi connectivity index (χ1) is 8.18. The van der Waals surface area contributed by atoms with Gasteiger partial charge in [0.2, 0.25) is 0 Å². The van der Waals surface area contributed by atoms with Crippen molar-refractivity contribution in [1.29, 1.82) is 0 Å². The van der Waals surface area contributed by atoms with Gasteiger partial charge in [-0.2, -0.15) is 0 Å². The number of hydrogen-bond donors (Lipinski definition) is 1. The van der Waals surface area contributed by atoms with Crippen LogP contribution in [0, 0.1) is 0 Å². The van der Waals surface area contributed by atoms with E-state index in [1.807, 2.05) is 6.92 Å². The highest BCUT2D eigenvalue weighted by Crippen LogP contribution is 2.26. The van der Waals surface area contributed by atoms with Gasteiger partial charge in [-0.25, -0.2) is 10.1 Å². The Labute approximate surface area is 106 Å². The maximum Gasteiger partial charge on any atom is 0.104 e. The predicted octanol–water partition coefficient (Wildman–Crippen LogP) is 5.11. The van der Waals surface area contributed by atoms with Crippen LogP contribution in [-0.4, -0.2) is 10.9 Å². The highest BCUT2D eigenvalue weighted by atomic mass is 17.5. The van der Waals surface area contributed by atoms with E-state index in [1.54, 1.807) is 0 Å². The first kappa shape index (κ1) is 16.9. The first-order valence-electron chi connectivity index (χ1n) is 7.17. The van der Waals surface area contributed by atoms with Crippen molar-refractivity contribution in [1.82, 2.24) is 0 Å². The van der Waals surface area contributed by atoms with Crippen LogP contribution in [-0.2, 0) is 9.93 Å². The van der Waals surface area contributed by atoms with Crippen LogP contribution in [0.1, 0.15) is 85.0 Å². The van der Waals surface area contributed by atoms with Gasteiger partial charge in [0.15, 0.2) is 0 Å². The quantitative estimate of drug-likeness (QED) is 0.295. The van der Waals surface area contributed by atoms with Crippen molar-refractivity contribution in [3.63, 3.8) is 0 Å². The molecule has 104 valence electrons. The molecule has 0 heterocycles. The smallest absolute Gasteiger partial charge is 0.104 e. The highest BCUT2D eigenvalue weighted by Gasteiger charge is 2.25. The lowest BCUT2D eigenvalue weighted by Crippen LogP contribution is -2.28. The minimum absolute atomic E-state index is 0.323. The summed E-state index contributed by atoms with van der Waals surface area (Å²) < 4.78 is 0. The van der Waals surface area contributed by atoms with Gasteiger partial charge in [0, 0.05) is 0 Å². The van der Waals surface area contributed by atoms with E-state index in [9.17, 15) is 0 Å². The molecule has 3 heteroatoms. The monoisotopic (exact) mass is 246 g/mol. The zero-order chi connectivity index (χ0) is 13.0. The molecule has 0 spiro atoms. The molecule has 0 radical (unpaired) electrons. The number of unbranched alkanes of at least 4 members (excludes halogenated alkanes) is 6. The summed E-state index contributed by atoms with van der Waals surface area (Å²) in [5, 5.41) is 12.4. The lowest BCUT2D eigenvalue weighted by molar-refractivity contribution is -0.525. The Balaban J connectivity index is 3.80. The van der Waals surface area contributed by atoms with E-state index in [1.165, 1.54) is 38.5 Å². The second kappa shape index (κ2) is 11.0. The van der Waals surface area contributed by atoms with Crippen LogP contribution in [0.15, 0.2) is 0 Å². The van der Waals surface area contributed by atoms with Gasteiger partial charge in [0.1, 0.15) is 5.60 Å². The first-order valence-corrected chi connectivity index (χ1v) is 7.17. The second-order valence-corrected chi connectivity index (χ2v) is 5.23. The lowest BCUT2D eigenvalue weighted by atomic mass is 9.92. The zero-order valence-corrected chi connectivity index (χ0v) is 11.8. The molecule has 0 aliphatic carbocycles. The van der Waals surface area contributed by atoms with Gasteiger partial charge < -0.3 is 0 Å². The fourth-order valence-corrected chi connectivity index (χ4v) is 2.15. The predicted molar refractivity (Wildman–Crippen MR) is 70.7 cm³/mol. The Bertz CT molecular complexity index is 148. The highest BCUT2D eigenvalue weighted by molar-refractivity contribution is 4.73. The summed E-state index contributed by atoms with van der Waals surface area (Å²) in [5.41, 5.74) is -0.323. The van der Waals surface area contributed by atoms with Crippen molar-refractivity contribution in [3.05, 3.63) is 0 Å². The van der Waals surface area contributed by atoms with Gasteiger partial charge in [0.25, 0.3) is 0 Å². The van der Waals surface area contributed by atoms with E-state index in [-0.39, 0.29) is 5.60 Å². The van der Waals surface area contributed by atoms with Gasteiger partial charge in [-0.1, -0.05) is 70.3 Å². The van der Waals surface area contributed by atoms with Crippen LogP contribution in [0.3, 0.4) is 0 Å². The Morgan fingerprint density at radius 2 is 1.29 bits per heavy atom. The van der Waals surface area contributed by atoms with Crippen molar-refractivity contribution >= 4 is 0 Å². The molecule has 0 aromatic rings. The second-order valence-electron chi connectivity index (χ2n) is 5.23. The molecule has 0 unspecified atom stereocenters. The Morgan fingerprint density at radius 1 is 0.824 bits per heavy atom. The molecule has 0 fully saturated rings. The summed E-state index contributed by atoms with van der Waals surface area (Å²) in [6.07, 6.45) is 11.7. The molecule has 17 heavy (non-hydrogen) atoms. The van der Waals surface area contributed by atoms with Crippen LogP contribution in [0.5, 0.6) is 0 Å². The van der Waals surface area contributed by atoms with E-state index < -0.39 is 0 Å². The summed E-state index contributed by atoms with van der Waals surface area (Å²) in [5.74, 6) is 0. The molecule has 0 aliphatic rings. The van der Waals surface area contributed by atoms with Gasteiger partial charge in [-0.05, 0) is 19.8 Å². The van der Waals surface area contributed by atoms with E-state index in [0.717, 1.165) is 25.7 Å². The number of hydrogen-bond acceptors (Lipinski definition) is 3.